The molecule has 5 N–H and O–H groups in total. The zero-order chi connectivity index (χ0) is 27.3. The Balaban J connectivity index is 1.50. The standard InChI is InChI=1S/C27H39N3O7S/c1-18(2)15-30(38(33,34)21-10-8-20(28)9-11-21)16-24(31)23(14-19-6-4-3-5-7-19)29-27(32)37-25-17-36-26-22(25)12-13-35-26/h3-11,18,22-27,29,31-32H,12-17,28H2,1-2H3/t22-,23-,24+,25-,26+,27?/m0/s1. The maximum absolute atomic E-state index is 13.5. The van der Waals surface area contributed by atoms with Crippen molar-refractivity contribution in [2.45, 2.75) is 62.5 Å². The molecule has 210 valence electrons. The van der Waals surface area contributed by atoms with Crippen molar-refractivity contribution in [3.63, 3.8) is 0 Å². The van der Waals surface area contributed by atoms with E-state index in [1.54, 1.807) is 0 Å². The third-order valence-electron chi connectivity index (χ3n) is 6.89. The minimum atomic E-state index is -3.91. The molecular weight excluding hydrogens is 510 g/mol. The van der Waals surface area contributed by atoms with Gasteiger partial charge in [0.1, 0.15) is 0 Å². The molecule has 1 unspecified atom stereocenters. The molecule has 0 radical (unpaired) electrons. The van der Waals surface area contributed by atoms with E-state index in [1.807, 2.05) is 44.2 Å². The second-order valence-electron chi connectivity index (χ2n) is 10.4. The van der Waals surface area contributed by atoms with Gasteiger partial charge in [0.25, 0.3) is 0 Å². The van der Waals surface area contributed by atoms with E-state index >= 15 is 0 Å². The quantitative estimate of drug-likeness (QED) is 0.216. The topological polar surface area (TPSA) is 144 Å². The molecule has 0 saturated carbocycles. The zero-order valence-electron chi connectivity index (χ0n) is 21.8. The molecule has 2 aromatic rings. The van der Waals surface area contributed by atoms with Gasteiger partial charge in [-0.2, -0.15) is 4.31 Å². The molecule has 10 nitrogen and oxygen atoms in total. The summed E-state index contributed by atoms with van der Waals surface area (Å²) in [5.74, 6) is 0.0553. The fourth-order valence-electron chi connectivity index (χ4n) is 4.93. The fourth-order valence-corrected chi connectivity index (χ4v) is 6.55. The minimum absolute atomic E-state index is 0.0177. The number of aliphatic hydroxyl groups excluding tert-OH is 2. The molecule has 38 heavy (non-hydrogen) atoms. The molecule has 0 bridgehead atoms. The number of anilines is 1. The van der Waals surface area contributed by atoms with Gasteiger partial charge >= 0.3 is 0 Å². The summed E-state index contributed by atoms with van der Waals surface area (Å²) in [4.78, 5) is 0.102. The predicted octanol–water partition coefficient (Wildman–Crippen LogP) is 1.53. The third-order valence-corrected chi connectivity index (χ3v) is 8.73. The Labute approximate surface area is 224 Å². The number of nitrogens with zero attached hydrogens (tertiary/aromatic N) is 1. The van der Waals surface area contributed by atoms with Crippen LogP contribution in [-0.2, 0) is 30.7 Å². The number of benzene rings is 2. The first-order chi connectivity index (χ1) is 18.1. The highest BCUT2D eigenvalue weighted by Gasteiger charge is 2.43. The van der Waals surface area contributed by atoms with E-state index in [1.165, 1.54) is 28.6 Å². The lowest BCUT2D eigenvalue weighted by Gasteiger charge is -2.32. The number of nitrogen functional groups attached to an aromatic ring is 1. The normalized spacial score (nSPS) is 24.0. The van der Waals surface area contributed by atoms with E-state index in [0.29, 0.717) is 25.3 Å². The van der Waals surface area contributed by atoms with Crippen molar-refractivity contribution in [3.8, 4) is 0 Å². The minimum Gasteiger partial charge on any atom is -0.399 e. The van der Waals surface area contributed by atoms with Crippen LogP contribution in [-0.4, -0.2) is 80.2 Å². The molecule has 2 aromatic carbocycles. The number of nitrogens with one attached hydrogen (secondary N) is 1. The van der Waals surface area contributed by atoms with Gasteiger partial charge in [0.2, 0.25) is 16.4 Å². The number of fused-ring (bicyclic) bond motifs is 1. The molecule has 2 aliphatic rings. The number of aliphatic hydroxyl groups is 2. The SMILES string of the molecule is CC(C)CN(C[C@@H](O)[C@H](Cc1ccccc1)NC(O)O[C@H]1CO[C@H]2OCC[C@H]21)S(=O)(=O)c1ccc(N)cc1. The summed E-state index contributed by atoms with van der Waals surface area (Å²) in [6.07, 6.45) is -2.08. The molecule has 6 atom stereocenters. The Bertz CT molecular complexity index is 1120. The maximum atomic E-state index is 13.5. The Kier molecular flexibility index (Phi) is 9.77. The van der Waals surface area contributed by atoms with Crippen LogP contribution in [0.25, 0.3) is 0 Å². The molecule has 0 amide bonds. The lowest BCUT2D eigenvalue weighted by molar-refractivity contribution is -0.170. The van der Waals surface area contributed by atoms with E-state index < -0.39 is 28.6 Å². The van der Waals surface area contributed by atoms with Crippen LogP contribution in [0.15, 0.2) is 59.5 Å². The molecule has 0 aromatic heterocycles. The van der Waals surface area contributed by atoms with E-state index in [-0.39, 0.29) is 42.2 Å². The Hall–Kier alpha value is -2.09. The van der Waals surface area contributed by atoms with Gasteiger partial charge in [-0.15, -0.1) is 0 Å². The Morgan fingerprint density at radius 3 is 2.47 bits per heavy atom. The highest BCUT2D eigenvalue weighted by atomic mass is 32.2. The second-order valence-corrected chi connectivity index (χ2v) is 12.3. The summed E-state index contributed by atoms with van der Waals surface area (Å²) in [6.45, 7) is 4.76. The molecular formula is C27H39N3O7S. The lowest BCUT2D eigenvalue weighted by atomic mass is 10.0. The van der Waals surface area contributed by atoms with Crippen LogP contribution in [0.5, 0.6) is 0 Å². The maximum Gasteiger partial charge on any atom is 0.243 e. The van der Waals surface area contributed by atoms with Gasteiger partial charge < -0.3 is 30.2 Å². The van der Waals surface area contributed by atoms with E-state index in [9.17, 15) is 18.6 Å². The second kappa shape index (κ2) is 12.8. The van der Waals surface area contributed by atoms with Gasteiger partial charge in [0.05, 0.1) is 30.3 Å². The number of rotatable bonds is 13. The molecule has 2 aliphatic heterocycles. The van der Waals surface area contributed by atoms with Gasteiger partial charge in [-0.25, -0.2) is 8.42 Å². The smallest absolute Gasteiger partial charge is 0.243 e. The molecule has 4 rings (SSSR count). The summed E-state index contributed by atoms with van der Waals surface area (Å²) in [5, 5.41) is 25.1. The Morgan fingerprint density at radius 2 is 1.79 bits per heavy atom. The van der Waals surface area contributed by atoms with Crippen molar-refractivity contribution in [2.75, 3.05) is 32.0 Å². The lowest BCUT2D eigenvalue weighted by Crippen LogP contribution is -2.53. The highest BCUT2D eigenvalue weighted by molar-refractivity contribution is 7.89. The van der Waals surface area contributed by atoms with Crippen LogP contribution < -0.4 is 11.1 Å². The van der Waals surface area contributed by atoms with Crippen molar-refractivity contribution in [1.82, 2.24) is 9.62 Å². The van der Waals surface area contributed by atoms with Crippen molar-refractivity contribution in [2.24, 2.45) is 11.8 Å². The molecule has 2 heterocycles. The van der Waals surface area contributed by atoms with E-state index in [0.717, 1.165) is 12.0 Å². The van der Waals surface area contributed by atoms with Gasteiger partial charge in [-0.05, 0) is 48.6 Å². The number of hydrogen-bond acceptors (Lipinski definition) is 9. The van der Waals surface area contributed by atoms with Crippen molar-refractivity contribution < 1.29 is 32.8 Å². The summed E-state index contributed by atoms with van der Waals surface area (Å²) in [7, 11) is -3.91. The average molecular weight is 550 g/mol. The van der Waals surface area contributed by atoms with Crippen LogP contribution in [0.4, 0.5) is 5.69 Å². The van der Waals surface area contributed by atoms with Crippen LogP contribution in [0.1, 0.15) is 25.8 Å². The highest BCUT2D eigenvalue weighted by Crippen LogP contribution is 2.33. The monoisotopic (exact) mass is 549 g/mol. The van der Waals surface area contributed by atoms with Crippen molar-refractivity contribution in [3.05, 3.63) is 60.2 Å². The summed E-state index contributed by atoms with van der Waals surface area (Å²) in [5.41, 5.74) is 7.13. The van der Waals surface area contributed by atoms with Crippen molar-refractivity contribution >= 4 is 15.7 Å². The number of hydrogen-bond donors (Lipinski definition) is 4. The van der Waals surface area contributed by atoms with Gasteiger partial charge in [-0.3, -0.25) is 5.32 Å². The summed E-state index contributed by atoms with van der Waals surface area (Å²) >= 11 is 0. The van der Waals surface area contributed by atoms with E-state index in [4.69, 9.17) is 19.9 Å². The third kappa shape index (κ3) is 7.30. The number of nitrogens with two attached hydrogens (primary N) is 1. The van der Waals surface area contributed by atoms with Gasteiger partial charge in [-0.1, -0.05) is 44.2 Å². The number of ether oxygens (including phenoxy) is 3. The summed E-state index contributed by atoms with van der Waals surface area (Å²) in [6, 6.07) is 14.8. The predicted molar refractivity (Wildman–Crippen MR) is 142 cm³/mol. The van der Waals surface area contributed by atoms with Gasteiger partial charge in [0.15, 0.2) is 6.29 Å². The first-order valence-electron chi connectivity index (χ1n) is 13.0. The fraction of sp³-hybridized carbons (Fsp3) is 0.556. The van der Waals surface area contributed by atoms with Crippen LogP contribution in [0.3, 0.4) is 0 Å². The average Bonchev–Trinajstić information content (AvgIpc) is 3.49. The zero-order valence-corrected chi connectivity index (χ0v) is 22.7. The molecule has 2 saturated heterocycles. The first kappa shape index (κ1) is 28.9. The molecule has 2 fully saturated rings. The first-order valence-corrected chi connectivity index (χ1v) is 14.5. The Morgan fingerprint density at radius 1 is 1.08 bits per heavy atom. The number of sulfonamides is 1. The van der Waals surface area contributed by atoms with E-state index in [2.05, 4.69) is 5.32 Å². The van der Waals surface area contributed by atoms with Gasteiger partial charge in [0, 0.05) is 30.7 Å². The molecule has 11 heteroatoms. The molecule has 0 spiro atoms. The molecule has 0 aliphatic carbocycles. The van der Waals surface area contributed by atoms with Crippen LogP contribution in [0, 0.1) is 11.8 Å². The largest absolute Gasteiger partial charge is 0.399 e. The van der Waals surface area contributed by atoms with Crippen LogP contribution >= 0.6 is 0 Å². The van der Waals surface area contributed by atoms with Crippen molar-refractivity contribution in [1.29, 1.82) is 0 Å². The summed E-state index contributed by atoms with van der Waals surface area (Å²) < 4.78 is 45.3. The van der Waals surface area contributed by atoms with Crippen LogP contribution in [0.2, 0.25) is 0 Å².